The maximum Gasteiger partial charge on any atom is 0.172 e. The van der Waals surface area contributed by atoms with E-state index in [2.05, 4.69) is 38.1 Å². The molecule has 0 unspecified atom stereocenters. The number of allylic oxidation sites excluding steroid dienone is 6. The van der Waals surface area contributed by atoms with E-state index in [4.69, 9.17) is 4.74 Å². The molecular formula is C31H34N4O3. The Kier molecular flexibility index (Phi) is 8.97. The van der Waals surface area contributed by atoms with E-state index in [1.807, 2.05) is 61.2 Å². The van der Waals surface area contributed by atoms with Gasteiger partial charge in [0.2, 0.25) is 0 Å². The second-order valence-electron chi connectivity index (χ2n) is 10.8. The van der Waals surface area contributed by atoms with Gasteiger partial charge >= 0.3 is 0 Å². The molecule has 0 bridgehead atoms. The number of anilines is 1. The van der Waals surface area contributed by atoms with Gasteiger partial charge in [0.15, 0.2) is 11.3 Å². The smallest absolute Gasteiger partial charge is 0.172 e. The van der Waals surface area contributed by atoms with Crippen molar-refractivity contribution in [3.05, 3.63) is 81.7 Å². The van der Waals surface area contributed by atoms with Crippen LogP contribution in [0.5, 0.6) is 0 Å². The molecule has 38 heavy (non-hydrogen) atoms. The summed E-state index contributed by atoms with van der Waals surface area (Å²) in [6, 6.07) is 13.8. The van der Waals surface area contributed by atoms with Crippen molar-refractivity contribution in [3.8, 4) is 18.2 Å². The summed E-state index contributed by atoms with van der Waals surface area (Å²) in [6.45, 7) is 9.05. The molecule has 2 aliphatic rings. The van der Waals surface area contributed by atoms with E-state index < -0.39 is 5.60 Å². The average Bonchev–Trinajstić information content (AvgIpc) is 3.12. The fourth-order valence-electron chi connectivity index (χ4n) is 4.95. The van der Waals surface area contributed by atoms with Crippen LogP contribution in [-0.4, -0.2) is 42.1 Å². The summed E-state index contributed by atoms with van der Waals surface area (Å²) < 4.78 is 5.92. The zero-order valence-electron chi connectivity index (χ0n) is 22.5. The number of ether oxygens (including phenoxy) is 1. The Bertz CT molecular complexity index is 1320. The average molecular weight is 511 g/mol. The molecule has 0 saturated carbocycles. The van der Waals surface area contributed by atoms with Crippen molar-refractivity contribution in [3.63, 3.8) is 0 Å². The first-order valence-corrected chi connectivity index (χ1v) is 12.6. The minimum absolute atomic E-state index is 0.000681. The third kappa shape index (κ3) is 6.61. The lowest BCUT2D eigenvalue weighted by atomic mass is 9.74. The molecule has 2 N–H and O–H groups in total. The second-order valence-corrected chi connectivity index (χ2v) is 10.8. The Morgan fingerprint density at radius 3 is 2.16 bits per heavy atom. The molecule has 1 aromatic rings. The van der Waals surface area contributed by atoms with Crippen LogP contribution in [0, 0.1) is 39.4 Å². The standard InChI is InChI=1S/C31H34N4O3/c1-30(2)17-23(6-5-22-7-9-26(10-8-22)35(11-13-36)12-14-37)15-24(18-30)16-28-27(21-34)29(25(19-32)20-33)38-31(28,3)4/h5-10,15-16,36-37H,11-14,17-18H2,1-4H3/b6-5+,24-16-. The first-order valence-electron chi connectivity index (χ1n) is 12.6. The summed E-state index contributed by atoms with van der Waals surface area (Å²) in [7, 11) is 0. The molecule has 0 spiro atoms. The first-order chi connectivity index (χ1) is 18.1. The first kappa shape index (κ1) is 28.5. The van der Waals surface area contributed by atoms with Gasteiger partial charge in [-0.25, -0.2) is 0 Å². The van der Waals surface area contributed by atoms with E-state index >= 15 is 0 Å². The van der Waals surface area contributed by atoms with E-state index in [1.54, 1.807) is 0 Å². The maximum atomic E-state index is 9.86. The molecule has 196 valence electrons. The number of hydrogen-bond acceptors (Lipinski definition) is 7. The lowest BCUT2D eigenvalue weighted by Crippen LogP contribution is -2.29. The number of aliphatic hydroxyl groups is 2. The van der Waals surface area contributed by atoms with Crippen LogP contribution in [0.2, 0.25) is 0 Å². The summed E-state index contributed by atoms with van der Waals surface area (Å²) in [5.41, 5.74) is 4.03. The van der Waals surface area contributed by atoms with Gasteiger partial charge in [-0.05, 0) is 60.9 Å². The van der Waals surface area contributed by atoms with E-state index in [-0.39, 0.29) is 35.5 Å². The van der Waals surface area contributed by atoms with E-state index in [9.17, 15) is 26.0 Å². The highest BCUT2D eigenvalue weighted by Crippen LogP contribution is 2.44. The summed E-state index contributed by atoms with van der Waals surface area (Å²) in [5, 5.41) is 47.1. The van der Waals surface area contributed by atoms with Crippen molar-refractivity contribution in [1.29, 1.82) is 15.8 Å². The van der Waals surface area contributed by atoms with Gasteiger partial charge in [0.05, 0.1) is 13.2 Å². The van der Waals surface area contributed by atoms with Crippen LogP contribution >= 0.6 is 0 Å². The minimum Gasteiger partial charge on any atom is -0.480 e. The Hall–Kier alpha value is -4.09. The number of hydrogen-bond donors (Lipinski definition) is 2. The zero-order chi connectivity index (χ0) is 27.9. The molecule has 0 amide bonds. The number of nitrogens with zero attached hydrogens (tertiary/aromatic N) is 4. The maximum absolute atomic E-state index is 9.86. The minimum atomic E-state index is -0.848. The monoisotopic (exact) mass is 510 g/mol. The Labute approximate surface area is 225 Å². The van der Waals surface area contributed by atoms with Crippen LogP contribution in [-0.2, 0) is 4.74 Å². The molecule has 7 nitrogen and oxygen atoms in total. The summed E-state index contributed by atoms with van der Waals surface area (Å²) in [6.07, 6.45) is 9.97. The summed E-state index contributed by atoms with van der Waals surface area (Å²) in [5.74, 6) is 0.0495. The van der Waals surface area contributed by atoms with E-state index in [1.165, 1.54) is 0 Å². The van der Waals surface area contributed by atoms with Crippen LogP contribution < -0.4 is 4.90 Å². The fourth-order valence-corrected chi connectivity index (χ4v) is 4.95. The highest BCUT2D eigenvalue weighted by Gasteiger charge is 2.39. The number of benzene rings is 1. The fraction of sp³-hybridized carbons (Fsp3) is 0.387. The largest absolute Gasteiger partial charge is 0.480 e. The molecule has 3 rings (SSSR count). The lowest BCUT2D eigenvalue weighted by molar-refractivity contribution is 0.0952. The van der Waals surface area contributed by atoms with Gasteiger partial charge in [0.25, 0.3) is 0 Å². The summed E-state index contributed by atoms with van der Waals surface area (Å²) >= 11 is 0. The van der Waals surface area contributed by atoms with Crippen LogP contribution in [0.25, 0.3) is 6.08 Å². The van der Waals surface area contributed by atoms with Gasteiger partial charge in [-0.15, -0.1) is 0 Å². The number of rotatable bonds is 8. The predicted molar refractivity (Wildman–Crippen MR) is 147 cm³/mol. The normalized spacial score (nSPS) is 19.0. The van der Waals surface area contributed by atoms with Crippen molar-refractivity contribution >= 4 is 11.8 Å². The molecule has 0 atom stereocenters. The van der Waals surface area contributed by atoms with Gasteiger partial charge in [0.1, 0.15) is 29.4 Å². The summed E-state index contributed by atoms with van der Waals surface area (Å²) in [4.78, 5) is 1.94. The molecule has 1 aromatic carbocycles. The highest BCUT2D eigenvalue weighted by molar-refractivity contribution is 5.62. The molecular weight excluding hydrogens is 476 g/mol. The van der Waals surface area contributed by atoms with Crippen molar-refractivity contribution in [2.24, 2.45) is 5.41 Å². The number of aliphatic hydroxyl groups excluding tert-OH is 2. The van der Waals surface area contributed by atoms with Crippen LogP contribution in [0.1, 0.15) is 46.1 Å². The van der Waals surface area contributed by atoms with E-state index in [0.717, 1.165) is 35.2 Å². The van der Waals surface area contributed by atoms with Crippen LogP contribution in [0.4, 0.5) is 5.69 Å². The predicted octanol–water partition coefficient (Wildman–Crippen LogP) is 5.09. The van der Waals surface area contributed by atoms with Crippen LogP contribution in [0.3, 0.4) is 0 Å². The Balaban J connectivity index is 1.94. The van der Waals surface area contributed by atoms with Gasteiger partial charge in [0, 0.05) is 24.4 Å². The molecule has 1 heterocycles. The van der Waals surface area contributed by atoms with Crippen LogP contribution in [0.15, 0.2) is 76.1 Å². The Morgan fingerprint density at radius 2 is 1.61 bits per heavy atom. The van der Waals surface area contributed by atoms with Gasteiger partial charge in [-0.1, -0.05) is 50.3 Å². The molecule has 7 heteroatoms. The van der Waals surface area contributed by atoms with Crippen molar-refractivity contribution in [1.82, 2.24) is 0 Å². The Morgan fingerprint density at radius 1 is 0.974 bits per heavy atom. The molecule has 1 aliphatic heterocycles. The highest BCUT2D eigenvalue weighted by atomic mass is 16.5. The third-order valence-electron chi connectivity index (χ3n) is 6.62. The topological polar surface area (TPSA) is 124 Å². The SMILES string of the molecule is CC1(C)CC(/C=C/c2ccc(N(CCO)CCO)cc2)=CC(=C/C2=C(C#N)C(=C(C#N)C#N)OC2(C)C)/C1. The van der Waals surface area contributed by atoms with E-state index in [0.29, 0.717) is 18.7 Å². The quantitative estimate of drug-likeness (QED) is 0.467. The molecule has 0 aromatic heterocycles. The second kappa shape index (κ2) is 12.0. The molecule has 0 fully saturated rings. The van der Waals surface area contributed by atoms with Crippen molar-refractivity contribution < 1.29 is 14.9 Å². The molecule has 0 radical (unpaired) electrons. The van der Waals surface area contributed by atoms with Gasteiger partial charge in [-0.3, -0.25) is 0 Å². The zero-order valence-corrected chi connectivity index (χ0v) is 22.5. The van der Waals surface area contributed by atoms with Crippen molar-refractivity contribution in [2.75, 3.05) is 31.2 Å². The van der Waals surface area contributed by atoms with Crippen molar-refractivity contribution in [2.45, 2.75) is 46.1 Å². The van der Waals surface area contributed by atoms with Gasteiger partial charge in [-0.2, -0.15) is 15.8 Å². The molecule has 1 aliphatic carbocycles. The van der Waals surface area contributed by atoms with Gasteiger partial charge < -0.3 is 19.8 Å². The third-order valence-corrected chi connectivity index (χ3v) is 6.62. The molecule has 0 saturated heterocycles. The number of nitriles is 3. The lowest BCUT2D eigenvalue weighted by Gasteiger charge is -2.31.